The average Bonchev–Trinajstić information content (AvgIpc) is 2.34. The zero-order valence-electron chi connectivity index (χ0n) is 10.0. The molecule has 1 heterocycles. The topological polar surface area (TPSA) is 45.1 Å². The Morgan fingerprint density at radius 2 is 2.12 bits per heavy atom. The first-order valence-corrected chi connectivity index (χ1v) is 6.08. The Labute approximate surface area is 97.9 Å². The molecule has 0 radical (unpaired) electrons. The van der Waals surface area contributed by atoms with Gasteiger partial charge in [0.05, 0.1) is 0 Å². The predicted molar refractivity (Wildman–Crippen MR) is 66.2 cm³/mol. The summed E-state index contributed by atoms with van der Waals surface area (Å²) in [6, 6.07) is 4.43. The fraction of sp³-hybridized carbons (Fsp3) is 0.615. The second kappa shape index (κ2) is 8.25. The summed E-state index contributed by atoms with van der Waals surface area (Å²) in [6.07, 6.45) is 8.12. The van der Waals surface area contributed by atoms with Crippen molar-refractivity contribution in [3.05, 3.63) is 30.1 Å². The van der Waals surface area contributed by atoms with Crippen molar-refractivity contribution in [1.29, 1.82) is 0 Å². The largest absolute Gasteiger partial charge is 0.396 e. The summed E-state index contributed by atoms with van der Waals surface area (Å²) >= 11 is 0. The third-order valence-corrected chi connectivity index (χ3v) is 2.72. The van der Waals surface area contributed by atoms with Gasteiger partial charge in [0, 0.05) is 25.0 Å². The van der Waals surface area contributed by atoms with E-state index in [1.54, 1.807) is 6.20 Å². The summed E-state index contributed by atoms with van der Waals surface area (Å²) in [7, 11) is 0. The minimum atomic E-state index is 0.319. The molecule has 1 aromatic rings. The van der Waals surface area contributed by atoms with E-state index in [2.05, 4.69) is 23.3 Å². The van der Waals surface area contributed by atoms with E-state index in [0.29, 0.717) is 12.6 Å². The second-order valence-corrected chi connectivity index (χ2v) is 4.10. The quantitative estimate of drug-likeness (QED) is 0.663. The Balaban J connectivity index is 2.09. The third-order valence-electron chi connectivity index (χ3n) is 2.72. The second-order valence-electron chi connectivity index (χ2n) is 4.10. The van der Waals surface area contributed by atoms with Crippen molar-refractivity contribution < 1.29 is 5.11 Å². The molecule has 3 nitrogen and oxygen atoms in total. The summed E-state index contributed by atoms with van der Waals surface area (Å²) in [5.74, 6) is 0. The third kappa shape index (κ3) is 5.24. The molecule has 0 aromatic carbocycles. The Morgan fingerprint density at radius 1 is 1.31 bits per heavy atom. The van der Waals surface area contributed by atoms with Crippen LogP contribution in [0, 0.1) is 0 Å². The van der Waals surface area contributed by atoms with Gasteiger partial charge < -0.3 is 10.4 Å². The monoisotopic (exact) mass is 222 g/mol. The standard InChI is InChI=1S/C13H22N2O/c1-12(13-7-6-8-14-11-13)15-9-4-2-3-5-10-16/h6-8,11-12,15-16H,2-5,9-10H2,1H3. The highest BCUT2D eigenvalue weighted by molar-refractivity contribution is 5.12. The van der Waals surface area contributed by atoms with Crippen molar-refractivity contribution in [3.63, 3.8) is 0 Å². The van der Waals surface area contributed by atoms with Gasteiger partial charge in [-0.2, -0.15) is 0 Å². The number of hydrogen-bond acceptors (Lipinski definition) is 3. The van der Waals surface area contributed by atoms with Gasteiger partial charge >= 0.3 is 0 Å². The molecule has 1 rings (SSSR count). The van der Waals surface area contributed by atoms with Crippen LogP contribution < -0.4 is 5.32 Å². The molecule has 0 fully saturated rings. The molecule has 1 aromatic heterocycles. The number of unbranched alkanes of at least 4 members (excludes halogenated alkanes) is 3. The number of hydrogen-bond donors (Lipinski definition) is 2. The van der Waals surface area contributed by atoms with Crippen LogP contribution in [-0.4, -0.2) is 23.2 Å². The van der Waals surface area contributed by atoms with Gasteiger partial charge in [-0.25, -0.2) is 0 Å². The molecule has 16 heavy (non-hydrogen) atoms. The van der Waals surface area contributed by atoms with Gasteiger partial charge in [-0.1, -0.05) is 18.9 Å². The molecule has 0 amide bonds. The fourth-order valence-electron chi connectivity index (χ4n) is 1.66. The van der Waals surface area contributed by atoms with E-state index in [0.717, 1.165) is 19.4 Å². The van der Waals surface area contributed by atoms with Crippen molar-refractivity contribution >= 4 is 0 Å². The highest BCUT2D eigenvalue weighted by atomic mass is 16.2. The van der Waals surface area contributed by atoms with E-state index in [9.17, 15) is 0 Å². The molecular formula is C13H22N2O. The highest BCUT2D eigenvalue weighted by Gasteiger charge is 2.02. The predicted octanol–water partition coefficient (Wildman–Crippen LogP) is 2.28. The van der Waals surface area contributed by atoms with E-state index in [-0.39, 0.29) is 0 Å². The van der Waals surface area contributed by atoms with Gasteiger partial charge in [0.1, 0.15) is 0 Å². The van der Waals surface area contributed by atoms with Crippen LogP contribution in [0.25, 0.3) is 0 Å². The molecule has 0 spiro atoms. The lowest BCUT2D eigenvalue weighted by atomic mass is 10.1. The Hall–Kier alpha value is -0.930. The molecule has 3 heteroatoms. The number of rotatable bonds is 8. The van der Waals surface area contributed by atoms with E-state index in [4.69, 9.17) is 5.11 Å². The number of aromatic nitrogens is 1. The van der Waals surface area contributed by atoms with Gasteiger partial charge in [0.2, 0.25) is 0 Å². The van der Waals surface area contributed by atoms with E-state index >= 15 is 0 Å². The Morgan fingerprint density at radius 3 is 2.81 bits per heavy atom. The zero-order valence-corrected chi connectivity index (χ0v) is 10.0. The Kier molecular flexibility index (Phi) is 6.77. The number of aliphatic hydroxyl groups is 1. The maximum atomic E-state index is 8.64. The summed E-state index contributed by atoms with van der Waals surface area (Å²) in [4.78, 5) is 4.11. The highest BCUT2D eigenvalue weighted by Crippen LogP contribution is 2.09. The van der Waals surface area contributed by atoms with Crippen molar-refractivity contribution in [2.24, 2.45) is 0 Å². The lowest BCUT2D eigenvalue weighted by molar-refractivity contribution is 0.282. The molecule has 1 atom stereocenters. The maximum absolute atomic E-state index is 8.64. The molecule has 0 aliphatic rings. The van der Waals surface area contributed by atoms with Crippen molar-refractivity contribution in [2.75, 3.05) is 13.2 Å². The minimum Gasteiger partial charge on any atom is -0.396 e. The van der Waals surface area contributed by atoms with E-state index in [1.165, 1.54) is 18.4 Å². The number of nitrogens with zero attached hydrogens (tertiary/aromatic N) is 1. The zero-order chi connectivity index (χ0) is 11.6. The van der Waals surface area contributed by atoms with Crippen LogP contribution in [-0.2, 0) is 0 Å². The minimum absolute atomic E-state index is 0.319. The molecule has 2 N–H and O–H groups in total. The fourth-order valence-corrected chi connectivity index (χ4v) is 1.66. The number of nitrogens with one attached hydrogen (secondary N) is 1. The first-order valence-electron chi connectivity index (χ1n) is 6.08. The van der Waals surface area contributed by atoms with Gasteiger partial charge in [-0.3, -0.25) is 4.98 Å². The molecule has 0 bridgehead atoms. The van der Waals surface area contributed by atoms with Crippen LogP contribution in [0.3, 0.4) is 0 Å². The van der Waals surface area contributed by atoms with Crippen LogP contribution in [0.15, 0.2) is 24.5 Å². The molecule has 0 saturated heterocycles. The van der Waals surface area contributed by atoms with Crippen molar-refractivity contribution in [1.82, 2.24) is 10.3 Å². The summed E-state index contributed by atoms with van der Waals surface area (Å²) in [6.45, 7) is 3.51. The number of pyridine rings is 1. The van der Waals surface area contributed by atoms with Gasteiger partial charge in [-0.05, 0) is 37.9 Å². The first kappa shape index (κ1) is 13.1. The molecule has 90 valence electrons. The lowest BCUT2D eigenvalue weighted by Crippen LogP contribution is -2.19. The SMILES string of the molecule is CC(NCCCCCCO)c1cccnc1. The Bertz CT molecular complexity index is 264. The van der Waals surface area contributed by atoms with E-state index in [1.807, 2.05) is 12.3 Å². The van der Waals surface area contributed by atoms with Crippen molar-refractivity contribution in [2.45, 2.75) is 38.6 Å². The van der Waals surface area contributed by atoms with Crippen LogP contribution in [0.2, 0.25) is 0 Å². The van der Waals surface area contributed by atoms with Crippen LogP contribution in [0.5, 0.6) is 0 Å². The molecular weight excluding hydrogens is 200 g/mol. The average molecular weight is 222 g/mol. The van der Waals surface area contributed by atoms with Gasteiger partial charge in [0.25, 0.3) is 0 Å². The van der Waals surface area contributed by atoms with Crippen LogP contribution >= 0.6 is 0 Å². The summed E-state index contributed by atoms with van der Waals surface area (Å²) in [5.41, 5.74) is 1.23. The molecule has 0 saturated carbocycles. The van der Waals surface area contributed by atoms with Crippen LogP contribution in [0.4, 0.5) is 0 Å². The normalized spacial score (nSPS) is 12.6. The molecule has 1 unspecified atom stereocenters. The lowest BCUT2D eigenvalue weighted by Gasteiger charge is -2.13. The number of aliphatic hydroxyl groups excluding tert-OH is 1. The smallest absolute Gasteiger partial charge is 0.0431 e. The summed E-state index contributed by atoms with van der Waals surface area (Å²) < 4.78 is 0. The van der Waals surface area contributed by atoms with Crippen LogP contribution in [0.1, 0.15) is 44.2 Å². The maximum Gasteiger partial charge on any atom is 0.0431 e. The summed E-state index contributed by atoms with van der Waals surface area (Å²) in [5, 5.41) is 12.1. The van der Waals surface area contributed by atoms with Gasteiger partial charge in [-0.15, -0.1) is 0 Å². The van der Waals surface area contributed by atoms with Crippen molar-refractivity contribution in [3.8, 4) is 0 Å². The van der Waals surface area contributed by atoms with Gasteiger partial charge in [0.15, 0.2) is 0 Å². The van der Waals surface area contributed by atoms with E-state index < -0.39 is 0 Å². The molecule has 0 aliphatic heterocycles. The molecule has 0 aliphatic carbocycles. The first-order chi connectivity index (χ1) is 7.84.